The third-order valence-corrected chi connectivity index (χ3v) is 5.72. The first-order valence-corrected chi connectivity index (χ1v) is 9.16. The van der Waals surface area contributed by atoms with Crippen molar-refractivity contribution in [3.63, 3.8) is 0 Å². The summed E-state index contributed by atoms with van der Waals surface area (Å²) < 4.78 is 0. The molecule has 26 heavy (non-hydrogen) atoms. The van der Waals surface area contributed by atoms with Crippen LogP contribution < -0.4 is 9.80 Å². The second-order valence-corrected chi connectivity index (χ2v) is 7.62. The number of fused-ring (bicyclic) bond motifs is 3. The molecule has 1 aliphatic heterocycles. The molecular weight excluding hydrogens is 316 g/mol. The predicted octanol–water partition coefficient (Wildman–Crippen LogP) is 5.75. The number of para-hydroxylation sites is 1. The van der Waals surface area contributed by atoms with Crippen LogP contribution in [-0.4, -0.2) is 6.67 Å². The summed E-state index contributed by atoms with van der Waals surface area (Å²) >= 11 is 0. The van der Waals surface area contributed by atoms with Crippen LogP contribution in [0.25, 0.3) is 11.1 Å². The zero-order chi connectivity index (χ0) is 17.7. The molecule has 0 fully saturated rings. The summed E-state index contributed by atoms with van der Waals surface area (Å²) in [6, 6.07) is 26.2. The smallest absolute Gasteiger partial charge is 0.0989 e. The van der Waals surface area contributed by atoms with Crippen LogP contribution >= 0.6 is 0 Å². The van der Waals surface area contributed by atoms with Gasteiger partial charge in [-0.3, -0.25) is 0 Å². The number of rotatable bonds is 2. The van der Waals surface area contributed by atoms with Gasteiger partial charge in [0.15, 0.2) is 0 Å². The van der Waals surface area contributed by atoms with Crippen molar-refractivity contribution < 1.29 is 0 Å². The van der Waals surface area contributed by atoms with Crippen LogP contribution in [0.2, 0.25) is 0 Å². The van der Waals surface area contributed by atoms with E-state index in [0.717, 1.165) is 6.67 Å². The van der Waals surface area contributed by atoms with Crippen molar-refractivity contribution in [1.82, 2.24) is 0 Å². The van der Waals surface area contributed by atoms with Gasteiger partial charge in [0.05, 0.1) is 6.67 Å². The van der Waals surface area contributed by atoms with Gasteiger partial charge in [0, 0.05) is 29.2 Å². The number of anilines is 2. The van der Waals surface area contributed by atoms with Crippen LogP contribution in [-0.2, 0) is 5.41 Å². The average Bonchev–Trinajstić information content (AvgIpc) is 3.26. The minimum atomic E-state index is 0.0461. The fourth-order valence-corrected chi connectivity index (χ4v) is 4.25. The van der Waals surface area contributed by atoms with Crippen LogP contribution in [0.3, 0.4) is 0 Å². The molecule has 0 N–H and O–H groups in total. The van der Waals surface area contributed by atoms with E-state index < -0.39 is 0 Å². The first-order valence-electron chi connectivity index (χ1n) is 9.16. The van der Waals surface area contributed by atoms with Crippen molar-refractivity contribution >= 4 is 11.4 Å². The molecule has 0 bridgehead atoms. The molecule has 0 saturated carbocycles. The van der Waals surface area contributed by atoms with E-state index in [9.17, 15) is 0 Å². The van der Waals surface area contributed by atoms with Crippen molar-refractivity contribution in [2.24, 2.45) is 0 Å². The Morgan fingerprint density at radius 3 is 2.12 bits per heavy atom. The molecule has 3 aromatic carbocycles. The van der Waals surface area contributed by atoms with E-state index in [1.54, 1.807) is 0 Å². The Labute approximate surface area is 155 Å². The van der Waals surface area contributed by atoms with Crippen molar-refractivity contribution in [2.45, 2.75) is 19.3 Å². The number of nitrogens with zero attached hydrogens (tertiary/aromatic N) is 2. The lowest BCUT2D eigenvalue weighted by atomic mass is 9.82. The van der Waals surface area contributed by atoms with Crippen molar-refractivity contribution in [2.75, 3.05) is 16.5 Å². The van der Waals surface area contributed by atoms with Gasteiger partial charge in [0.2, 0.25) is 0 Å². The predicted molar refractivity (Wildman–Crippen MR) is 109 cm³/mol. The highest BCUT2D eigenvalue weighted by Gasteiger charge is 2.35. The Morgan fingerprint density at radius 1 is 0.654 bits per heavy atom. The lowest BCUT2D eigenvalue weighted by Gasteiger charge is -2.25. The molecular formula is C24H22N2. The Hall–Kier alpha value is -3.00. The summed E-state index contributed by atoms with van der Waals surface area (Å²) in [6.45, 7) is 5.51. The van der Waals surface area contributed by atoms with E-state index in [1.165, 1.54) is 33.6 Å². The van der Waals surface area contributed by atoms with Gasteiger partial charge < -0.3 is 9.80 Å². The van der Waals surface area contributed by atoms with Crippen LogP contribution in [0.5, 0.6) is 0 Å². The van der Waals surface area contributed by atoms with Crippen molar-refractivity contribution in [3.8, 4) is 11.1 Å². The first kappa shape index (κ1) is 15.3. The Balaban J connectivity index is 1.49. The lowest BCUT2D eigenvalue weighted by molar-refractivity contribution is 0.660. The third kappa shape index (κ3) is 2.19. The number of hydrogen-bond acceptors (Lipinski definition) is 2. The second kappa shape index (κ2) is 5.50. The maximum absolute atomic E-state index is 2.37. The molecule has 0 radical (unpaired) electrons. The molecule has 0 amide bonds. The topological polar surface area (TPSA) is 6.48 Å². The number of hydrogen-bond donors (Lipinski definition) is 0. The highest BCUT2D eigenvalue weighted by Crippen LogP contribution is 2.49. The van der Waals surface area contributed by atoms with E-state index in [1.807, 2.05) is 0 Å². The monoisotopic (exact) mass is 338 g/mol. The molecule has 0 aromatic heterocycles. The van der Waals surface area contributed by atoms with Gasteiger partial charge in [-0.2, -0.15) is 0 Å². The minimum absolute atomic E-state index is 0.0461. The fourth-order valence-electron chi connectivity index (χ4n) is 4.25. The molecule has 5 rings (SSSR count). The lowest BCUT2D eigenvalue weighted by Crippen LogP contribution is -2.25. The summed E-state index contributed by atoms with van der Waals surface area (Å²) in [5.41, 5.74) is 8.11. The van der Waals surface area contributed by atoms with Gasteiger partial charge in [0.25, 0.3) is 0 Å². The molecule has 128 valence electrons. The Kier molecular flexibility index (Phi) is 3.23. The number of benzene rings is 3. The molecule has 2 heteroatoms. The molecule has 0 spiro atoms. The molecule has 2 nitrogen and oxygen atoms in total. The van der Waals surface area contributed by atoms with E-state index in [4.69, 9.17) is 0 Å². The zero-order valence-electron chi connectivity index (χ0n) is 15.2. The summed E-state index contributed by atoms with van der Waals surface area (Å²) in [4.78, 5) is 4.58. The molecule has 0 unspecified atom stereocenters. The first-order chi connectivity index (χ1) is 12.6. The summed E-state index contributed by atoms with van der Waals surface area (Å²) in [5, 5.41) is 0. The maximum atomic E-state index is 2.37. The standard InChI is InChI=1S/C24H22N2/c1-24(2)22-11-7-6-10-20(22)21-13-12-19(16-23(21)24)26-15-14-25(17-26)18-8-4-3-5-9-18/h3-16H,17H2,1-2H3. The normalized spacial score (nSPS) is 16.7. The quantitative estimate of drug-likeness (QED) is 0.587. The summed E-state index contributed by atoms with van der Waals surface area (Å²) in [6.07, 6.45) is 4.33. The average molecular weight is 338 g/mol. The summed E-state index contributed by atoms with van der Waals surface area (Å²) in [5.74, 6) is 0. The molecule has 1 heterocycles. The van der Waals surface area contributed by atoms with Crippen LogP contribution in [0.1, 0.15) is 25.0 Å². The van der Waals surface area contributed by atoms with Gasteiger partial charge in [-0.1, -0.05) is 62.4 Å². The maximum Gasteiger partial charge on any atom is 0.0989 e. The fraction of sp³-hybridized carbons (Fsp3) is 0.167. The van der Waals surface area contributed by atoms with Gasteiger partial charge in [-0.25, -0.2) is 0 Å². The molecule has 1 aliphatic carbocycles. The van der Waals surface area contributed by atoms with Gasteiger partial charge in [-0.15, -0.1) is 0 Å². The summed E-state index contributed by atoms with van der Waals surface area (Å²) in [7, 11) is 0. The van der Waals surface area contributed by atoms with Crippen molar-refractivity contribution in [3.05, 3.63) is 96.3 Å². The van der Waals surface area contributed by atoms with Gasteiger partial charge in [-0.05, 0) is 46.5 Å². The van der Waals surface area contributed by atoms with Crippen LogP contribution in [0.15, 0.2) is 85.2 Å². The van der Waals surface area contributed by atoms with E-state index in [2.05, 4.69) is 109 Å². The highest BCUT2D eigenvalue weighted by molar-refractivity contribution is 5.82. The molecule has 0 atom stereocenters. The van der Waals surface area contributed by atoms with Crippen LogP contribution in [0.4, 0.5) is 11.4 Å². The zero-order valence-corrected chi connectivity index (χ0v) is 15.2. The minimum Gasteiger partial charge on any atom is -0.328 e. The molecule has 2 aliphatic rings. The van der Waals surface area contributed by atoms with E-state index in [0.29, 0.717) is 0 Å². The largest absolute Gasteiger partial charge is 0.328 e. The van der Waals surface area contributed by atoms with Crippen LogP contribution in [0, 0.1) is 0 Å². The SMILES string of the molecule is CC1(C)c2ccccc2-c2ccc(N3C=CN(c4ccccc4)C3)cc21. The van der Waals surface area contributed by atoms with E-state index >= 15 is 0 Å². The van der Waals surface area contributed by atoms with Crippen molar-refractivity contribution in [1.29, 1.82) is 0 Å². The van der Waals surface area contributed by atoms with Gasteiger partial charge >= 0.3 is 0 Å². The molecule has 3 aromatic rings. The molecule has 0 saturated heterocycles. The third-order valence-electron chi connectivity index (χ3n) is 5.72. The second-order valence-electron chi connectivity index (χ2n) is 7.62. The van der Waals surface area contributed by atoms with E-state index in [-0.39, 0.29) is 5.41 Å². The highest BCUT2D eigenvalue weighted by atomic mass is 15.3. The van der Waals surface area contributed by atoms with Gasteiger partial charge in [0.1, 0.15) is 0 Å². The Bertz CT molecular complexity index is 1000. The Morgan fingerprint density at radius 2 is 1.31 bits per heavy atom.